The number of methoxy groups -OCH3 is 1. The molecule has 0 radical (unpaired) electrons. The number of benzene rings is 1. The number of urea groups is 1. The molecule has 174 valence electrons. The van der Waals surface area contributed by atoms with Crippen molar-refractivity contribution in [2.24, 2.45) is 0 Å². The van der Waals surface area contributed by atoms with Crippen molar-refractivity contribution in [3.05, 3.63) is 41.1 Å². The van der Waals surface area contributed by atoms with Crippen molar-refractivity contribution in [2.75, 3.05) is 45.8 Å². The number of carbonyl (C=O) groups is 3. The summed E-state index contributed by atoms with van der Waals surface area (Å²) >= 11 is 5.39. The Morgan fingerprint density at radius 3 is 2.47 bits per heavy atom. The molecule has 1 aliphatic rings. The van der Waals surface area contributed by atoms with Crippen molar-refractivity contribution in [3.8, 4) is 0 Å². The van der Waals surface area contributed by atoms with Crippen LogP contribution in [0.4, 0.5) is 10.5 Å². The molecule has 0 bridgehead atoms. The Balaban J connectivity index is 2.13. The maximum absolute atomic E-state index is 12.8. The second-order valence-electron chi connectivity index (χ2n) is 6.80. The molecule has 0 aliphatic carbocycles. The summed E-state index contributed by atoms with van der Waals surface area (Å²) in [5.74, 6) is -0.985. The molecule has 1 aromatic rings. The van der Waals surface area contributed by atoms with Crippen molar-refractivity contribution >= 4 is 41.0 Å². The molecule has 2 rings (SSSR count). The lowest BCUT2D eigenvalue weighted by atomic mass is 9.95. The Bertz CT molecular complexity index is 887. The Labute approximate surface area is 192 Å². The van der Waals surface area contributed by atoms with Gasteiger partial charge in [-0.2, -0.15) is 0 Å². The first-order chi connectivity index (χ1) is 15.3. The first-order valence-electron chi connectivity index (χ1n) is 10.00. The largest absolute Gasteiger partial charge is 0.465 e. The van der Waals surface area contributed by atoms with Crippen LogP contribution in [0, 0.1) is 0 Å². The molecule has 1 heterocycles. The molecule has 0 aromatic heterocycles. The monoisotopic (exact) mass is 464 g/mol. The number of ether oxygens (including phenoxy) is 3. The average molecular weight is 465 g/mol. The number of rotatable bonds is 9. The van der Waals surface area contributed by atoms with Gasteiger partial charge in [-0.1, -0.05) is 12.1 Å². The average Bonchev–Trinajstić information content (AvgIpc) is 2.76. The summed E-state index contributed by atoms with van der Waals surface area (Å²) in [6, 6.07) is 5.85. The van der Waals surface area contributed by atoms with Gasteiger partial charge in [-0.05, 0) is 43.8 Å². The van der Waals surface area contributed by atoms with E-state index in [1.54, 1.807) is 50.1 Å². The van der Waals surface area contributed by atoms with Crippen LogP contribution in [0.2, 0.25) is 0 Å². The molecule has 1 aromatic carbocycles. The second kappa shape index (κ2) is 12.0. The lowest BCUT2D eigenvalue weighted by Crippen LogP contribution is -2.46. The predicted octanol–water partition coefficient (Wildman–Crippen LogP) is 1.70. The fourth-order valence-electron chi connectivity index (χ4n) is 2.94. The van der Waals surface area contributed by atoms with Crippen molar-refractivity contribution in [1.82, 2.24) is 15.5 Å². The highest BCUT2D eigenvalue weighted by atomic mass is 32.1. The standard InChI is InChI=1S/C21H28N4O6S/c1-5-30-16(26)12-22-20(28)23-15-8-6-14(7-9-15)18-17(19(27)31-11-10-29-4)13(2)25(3)21(32)24-18/h6-9,18H,5,10-12H2,1-4H3,(H,24,32)(H2,22,23,28). The van der Waals surface area contributed by atoms with Gasteiger partial charge in [-0.25, -0.2) is 9.59 Å². The van der Waals surface area contributed by atoms with E-state index in [1.807, 2.05) is 0 Å². The van der Waals surface area contributed by atoms with Gasteiger partial charge in [0.05, 0.1) is 24.8 Å². The highest BCUT2D eigenvalue weighted by Gasteiger charge is 2.33. The van der Waals surface area contributed by atoms with Crippen LogP contribution in [0.3, 0.4) is 0 Å². The third-order valence-electron chi connectivity index (χ3n) is 4.70. The van der Waals surface area contributed by atoms with E-state index in [-0.39, 0.29) is 19.8 Å². The first kappa shape index (κ1) is 25.1. The molecule has 0 fully saturated rings. The quantitative estimate of drug-likeness (QED) is 0.285. The van der Waals surface area contributed by atoms with Gasteiger partial charge in [0.15, 0.2) is 5.11 Å². The number of carbonyl (C=O) groups excluding carboxylic acids is 3. The number of anilines is 1. The Kier molecular flexibility index (Phi) is 9.41. The van der Waals surface area contributed by atoms with E-state index in [2.05, 4.69) is 16.0 Å². The molecule has 32 heavy (non-hydrogen) atoms. The molecular formula is C21H28N4O6S. The summed E-state index contributed by atoms with van der Waals surface area (Å²) < 4.78 is 15.0. The highest BCUT2D eigenvalue weighted by molar-refractivity contribution is 7.80. The zero-order valence-electron chi connectivity index (χ0n) is 18.5. The molecule has 0 saturated heterocycles. The Morgan fingerprint density at radius 1 is 1.16 bits per heavy atom. The lowest BCUT2D eigenvalue weighted by molar-refractivity contribution is -0.142. The van der Waals surface area contributed by atoms with Crippen LogP contribution < -0.4 is 16.0 Å². The van der Waals surface area contributed by atoms with Gasteiger partial charge in [0.25, 0.3) is 0 Å². The van der Waals surface area contributed by atoms with Gasteiger partial charge in [0.2, 0.25) is 0 Å². The van der Waals surface area contributed by atoms with Gasteiger partial charge in [0.1, 0.15) is 13.2 Å². The van der Waals surface area contributed by atoms with Gasteiger partial charge in [-0.3, -0.25) is 4.79 Å². The predicted molar refractivity (Wildman–Crippen MR) is 122 cm³/mol. The number of nitrogens with one attached hydrogen (secondary N) is 3. The van der Waals surface area contributed by atoms with E-state index >= 15 is 0 Å². The molecule has 10 nitrogen and oxygen atoms in total. The molecule has 0 spiro atoms. The molecule has 1 atom stereocenters. The Hall–Kier alpha value is -3.18. The fraction of sp³-hybridized carbons (Fsp3) is 0.429. The SMILES string of the molecule is CCOC(=O)CNC(=O)Nc1ccc(C2NC(=S)N(C)C(C)=C2C(=O)OCCOC)cc1. The van der Waals surface area contributed by atoms with Crippen molar-refractivity contribution in [1.29, 1.82) is 0 Å². The van der Waals surface area contributed by atoms with Crippen LogP contribution in [-0.2, 0) is 23.8 Å². The van der Waals surface area contributed by atoms with Crippen molar-refractivity contribution < 1.29 is 28.6 Å². The molecule has 1 unspecified atom stereocenters. The molecule has 1 aliphatic heterocycles. The van der Waals surface area contributed by atoms with Crippen LogP contribution in [-0.4, -0.2) is 68.5 Å². The van der Waals surface area contributed by atoms with E-state index in [0.717, 1.165) is 5.56 Å². The number of thiocarbonyl (C=S) groups is 1. The van der Waals surface area contributed by atoms with Gasteiger partial charge < -0.3 is 35.1 Å². The fourth-order valence-corrected chi connectivity index (χ4v) is 3.20. The summed E-state index contributed by atoms with van der Waals surface area (Å²) in [5.41, 5.74) is 2.39. The number of hydrogen-bond acceptors (Lipinski definition) is 7. The Morgan fingerprint density at radius 2 is 1.84 bits per heavy atom. The molecule has 3 N–H and O–H groups in total. The minimum atomic E-state index is -0.539. The number of amides is 2. The summed E-state index contributed by atoms with van der Waals surface area (Å²) in [6.45, 7) is 3.94. The summed E-state index contributed by atoms with van der Waals surface area (Å²) in [6.07, 6.45) is 0. The third-order valence-corrected chi connectivity index (χ3v) is 5.09. The number of hydrogen-bond donors (Lipinski definition) is 3. The molecular weight excluding hydrogens is 436 g/mol. The maximum Gasteiger partial charge on any atom is 0.338 e. The number of nitrogens with zero attached hydrogens (tertiary/aromatic N) is 1. The van der Waals surface area contributed by atoms with Gasteiger partial charge in [0, 0.05) is 25.5 Å². The summed E-state index contributed by atoms with van der Waals surface area (Å²) in [5, 5.41) is 8.68. The first-order valence-corrected chi connectivity index (χ1v) is 10.4. The minimum absolute atomic E-state index is 0.136. The van der Waals surface area contributed by atoms with E-state index in [9.17, 15) is 14.4 Å². The maximum atomic E-state index is 12.8. The van der Waals surface area contributed by atoms with Crippen LogP contribution in [0.25, 0.3) is 0 Å². The topological polar surface area (TPSA) is 118 Å². The third kappa shape index (κ3) is 6.66. The number of esters is 2. The minimum Gasteiger partial charge on any atom is -0.465 e. The zero-order valence-corrected chi connectivity index (χ0v) is 19.3. The lowest BCUT2D eigenvalue weighted by Gasteiger charge is -2.35. The zero-order chi connectivity index (χ0) is 23.7. The van der Waals surface area contributed by atoms with E-state index in [4.69, 9.17) is 26.4 Å². The van der Waals surface area contributed by atoms with E-state index in [0.29, 0.717) is 28.7 Å². The molecule has 0 saturated carbocycles. The summed E-state index contributed by atoms with van der Waals surface area (Å²) in [7, 11) is 3.30. The van der Waals surface area contributed by atoms with Crippen molar-refractivity contribution in [3.63, 3.8) is 0 Å². The second-order valence-corrected chi connectivity index (χ2v) is 7.19. The van der Waals surface area contributed by atoms with E-state index < -0.39 is 24.0 Å². The van der Waals surface area contributed by atoms with Crippen LogP contribution in [0.5, 0.6) is 0 Å². The van der Waals surface area contributed by atoms with Crippen LogP contribution in [0.1, 0.15) is 25.5 Å². The van der Waals surface area contributed by atoms with Gasteiger partial charge >= 0.3 is 18.0 Å². The van der Waals surface area contributed by atoms with Gasteiger partial charge in [-0.15, -0.1) is 0 Å². The molecule has 11 heteroatoms. The smallest absolute Gasteiger partial charge is 0.338 e. The van der Waals surface area contributed by atoms with Crippen LogP contribution in [0.15, 0.2) is 35.5 Å². The van der Waals surface area contributed by atoms with Crippen molar-refractivity contribution in [2.45, 2.75) is 19.9 Å². The van der Waals surface area contributed by atoms with Crippen LogP contribution >= 0.6 is 12.2 Å². The normalized spacial score (nSPS) is 15.7. The number of allylic oxidation sites excluding steroid dienone is 1. The summed E-state index contributed by atoms with van der Waals surface area (Å²) in [4.78, 5) is 37.7. The molecule has 2 amide bonds. The highest BCUT2D eigenvalue weighted by Crippen LogP contribution is 2.31. The van der Waals surface area contributed by atoms with E-state index in [1.165, 1.54) is 7.11 Å².